The minimum Gasteiger partial charge on any atom is -0.442 e. The molecule has 0 atom stereocenters. The average Bonchev–Trinajstić information content (AvgIpc) is 3.10. The second-order valence-corrected chi connectivity index (χ2v) is 9.73. The molecule has 1 amide bonds. The van der Waals surface area contributed by atoms with Gasteiger partial charge in [0.25, 0.3) is 5.91 Å². The minimum absolute atomic E-state index is 0.166. The standard InChI is InChI=1S/C16H18FN2O3PS/c1-23(2,21)22-13-10-12(17)6-5-11(13)9-14-15(20)18-16(24-14)19-7-3-4-8-19/h5-6,9-10H,3-4,7-8H2,1-2H3/b14-9-. The molecule has 0 aromatic heterocycles. The molecule has 1 aromatic rings. The van der Waals surface area contributed by atoms with Crippen LogP contribution in [-0.4, -0.2) is 42.4 Å². The van der Waals surface area contributed by atoms with E-state index >= 15 is 0 Å². The van der Waals surface area contributed by atoms with Crippen LogP contribution in [0.4, 0.5) is 4.39 Å². The molecule has 2 aliphatic rings. The van der Waals surface area contributed by atoms with Gasteiger partial charge in [-0.15, -0.1) is 0 Å². The smallest absolute Gasteiger partial charge is 0.286 e. The van der Waals surface area contributed by atoms with E-state index in [1.165, 1.54) is 43.3 Å². The van der Waals surface area contributed by atoms with Gasteiger partial charge in [0.2, 0.25) is 7.37 Å². The molecular formula is C16H18FN2O3PS. The van der Waals surface area contributed by atoms with Crippen molar-refractivity contribution >= 4 is 36.3 Å². The molecule has 1 aromatic carbocycles. The van der Waals surface area contributed by atoms with Crippen LogP contribution in [-0.2, 0) is 9.36 Å². The maximum absolute atomic E-state index is 13.5. The first-order valence-corrected chi connectivity index (χ1v) is 11.0. The van der Waals surface area contributed by atoms with Crippen molar-refractivity contribution in [2.24, 2.45) is 4.99 Å². The summed E-state index contributed by atoms with van der Waals surface area (Å²) in [5.41, 5.74) is 0.508. The number of carbonyl (C=O) groups is 1. The van der Waals surface area contributed by atoms with E-state index in [9.17, 15) is 13.8 Å². The number of carbonyl (C=O) groups excluding carboxylic acids is 1. The van der Waals surface area contributed by atoms with Crippen LogP contribution in [0.1, 0.15) is 18.4 Å². The number of aliphatic imine (C=N–C) groups is 1. The highest BCUT2D eigenvalue weighted by Crippen LogP contribution is 2.42. The molecule has 0 radical (unpaired) electrons. The zero-order chi connectivity index (χ0) is 17.3. The highest BCUT2D eigenvalue weighted by molar-refractivity contribution is 8.18. The van der Waals surface area contributed by atoms with Gasteiger partial charge in [0, 0.05) is 38.0 Å². The largest absolute Gasteiger partial charge is 0.442 e. The molecule has 0 unspecified atom stereocenters. The molecule has 2 heterocycles. The number of amides is 1. The maximum Gasteiger partial charge on any atom is 0.286 e. The average molecular weight is 368 g/mol. The van der Waals surface area contributed by atoms with Gasteiger partial charge in [-0.1, -0.05) is 0 Å². The summed E-state index contributed by atoms with van der Waals surface area (Å²) >= 11 is 1.31. The van der Waals surface area contributed by atoms with Crippen LogP contribution in [0.3, 0.4) is 0 Å². The van der Waals surface area contributed by atoms with Crippen LogP contribution < -0.4 is 4.52 Å². The van der Waals surface area contributed by atoms with Gasteiger partial charge >= 0.3 is 0 Å². The lowest BCUT2D eigenvalue weighted by Crippen LogP contribution is -2.23. The van der Waals surface area contributed by atoms with Crippen molar-refractivity contribution in [3.63, 3.8) is 0 Å². The van der Waals surface area contributed by atoms with E-state index in [0.29, 0.717) is 15.6 Å². The molecule has 5 nitrogen and oxygen atoms in total. The maximum atomic E-state index is 13.5. The minimum atomic E-state index is -2.85. The molecule has 8 heteroatoms. The van der Waals surface area contributed by atoms with E-state index in [1.54, 1.807) is 6.08 Å². The quantitative estimate of drug-likeness (QED) is 0.600. The predicted octanol–water partition coefficient (Wildman–Crippen LogP) is 3.81. The summed E-state index contributed by atoms with van der Waals surface area (Å²) in [5.74, 6) is -0.632. The molecule has 1 saturated heterocycles. The number of halogens is 1. The van der Waals surface area contributed by atoms with Crippen molar-refractivity contribution in [2.45, 2.75) is 12.8 Å². The fourth-order valence-corrected chi connectivity index (χ4v) is 4.11. The second-order valence-electron chi connectivity index (χ2n) is 6.03. The van der Waals surface area contributed by atoms with Gasteiger partial charge in [0.1, 0.15) is 11.6 Å². The van der Waals surface area contributed by atoms with Gasteiger partial charge < -0.3 is 9.42 Å². The summed E-state index contributed by atoms with van der Waals surface area (Å²) in [6.45, 7) is 4.73. The fourth-order valence-electron chi connectivity index (χ4n) is 2.53. The second kappa shape index (κ2) is 6.73. The molecular weight excluding hydrogens is 350 g/mol. The Kier molecular flexibility index (Phi) is 4.83. The van der Waals surface area contributed by atoms with E-state index in [2.05, 4.69) is 9.89 Å². The Morgan fingerprint density at radius 3 is 2.71 bits per heavy atom. The number of thioether (sulfide) groups is 1. The Balaban J connectivity index is 1.86. The normalized spacial score (nSPS) is 20.0. The van der Waals surface area contributed by atoms with Crippen molar-refractivity contribution in [2.75, 3.05) is 26.4 Å². The number of benzene rings is 1. The monoisotopic (exact) mass is 368 g/mol. The van der Waals surface area contributed by atoms with Crippen molar-refractivity contribution in [3.05, 3.63) is 34.5 Å². The summed E-state index contributed by atoms with van der Waals surface area (Å²) in [7, 11) is -2.85. The van der Waals surface area contributed by atoms with E-state index in [1.807, 2.05) is 0 Å². The molecule has 0 N–H and O–H groups in total. The Bertz CT molecular complexity index is 782. The lowest BCUT2D eigenvalue weighted by Gasteiger charge is -2.15. The summed E-state index contributed by atoms with van der Waals surface area (Å²) < 4.78 is 30.8. The first-order valence-electron chi connectivity index (χ1n) is 7.63. The van der Waals surface area contributed by atoms with Crippen molar-refractivity contribution < 1.29 is 18.3 Å². The molecule has 2 aliphatic heterocycles. The Morgan fingerprint density at radius 1 is 1.33 bits per heavy atom. The van der Waals surface area contributed by atoms with Gasteiger partial charge in [-0.3, -0.25) is 9.36 Å². The number of amidine groups is 1. The Morgan fingerprint density at radius 2 is 2.04 bits per heavy atom. The van der Waals surface area contributed by atoms with Crippen LogP contribution in [0.2, 0.25) is 0 Å². The van der Waals surface area contributed by atoms with E-state index in [4.69, 9.17) is 4.52 Å². The van der Waals surface area contributed by atoms with Crippen molar-refractivity contribution in [1.82, 2.24) is 4.90 Å². The van der Waals surface area contributed by atoms with Gasteiger partial charge in [-0.2, -0.15) is 4.99 Å². The van der Waals surface area contributed by atoms with Crippen LogP contribution in [0, 0.1) is 5.82 Å². The summed E-state index contributed by atoms with van der Waals surface area (Å²) in [6, 6.07) is 3.97. The van der Waals surface area contributed by atoms with E-state index < -0.39 is 13.2 Å². The van der Waals surface area contributed by atoms with E-state index in [-0.39, 0.29) is 11.7 Å². The van der Waals surface area contributed by atoms with Crippen molar-refractivity contribution in [3.8, 4) is 5.75 Å². The summed E-state index contributed by atoms with van der Waals surface area (Å²) in [5, 5.41) is 0.713. The molecule has 1 fully saturated rings. The lowest BCUT2D eigenvalue weighted by atomic mass is 10.2. The van der Waals surface area contributed by atoms with Crippen LogP contribution >= 0.6 is 19.1 Å². The van der Waals surface area contributed by atoms with Gasteiger partial charge in [0.05, 0.1) is 4.91 Å². The Labute approximate surface area is 144 Å². The molecule has 3 rings (SSSR count). The summed E-state index contributed by atoms with van der Waals surface area (Å²) in [4.78, 5) is 18.8. The number of hydrogen-bond acceptors (Lipinski definition) is 5. The number of hydrogen-bond donors (Lipinski definition) is 0. The molecule has 0 bridgehead atoms. The molecule has 128 valence electrons. The number of rotatable bonds is 3. The zero-order valence-corrected chi connectivity index (χ0v) is 15.2. The SMILES string of the molecule is CP(C)(=O)Oc1cc(F)ccc1/C=C1\SC(N2CCCC2)=NC1=O. The third kappa shape index (κ3) is 4.08. The molecule has 0 spiro atoms. The van der Waals surface area contributed by atoms with Crippen LogP contribution in [0.5, 0.6) is 5.75 Å². The zero-order valence-electron chi connectivity index (χ0n) is 13.5. The first kappa shape index (κ1) is 17.2. The van der Waals surface area contributed by atoms with E-state index in [0.717, 1.165) is 25.9 Å². The first-order chi connectivity index (χ1) is 11.3. The fraction of sp³-hybridized carbons (Fsp3) is 0.375. The Hall–Kier alpha value is -1.59. The summed E-state index contributed by atoms with van der Waals surface area (Å²) in [6.07, 6.45) is 3.82. The van der Waals surface area contributed by atoms with Gasteiger partial charge in [-0.05, 0) is 42.8 Å². The van der Waals surface area contributed by atoms with Crippen molar-refractivity contribution in [1.29, 1.82) is 0 Å². The molecule has 0 saturated carbocycles. The predicted molar refractivity (Wildman–Crippen MR) is 95.3 cm³/mol. The highest BCUT2D eigenvalue weighted by atomic mass is 32.2. The van der Waals surface area contributed by atoms with Gasteiger partial charge in [0.15, 0.2) is 5.17 Å². The molecule has 0 aliphatic carbocycles. The third-order valence-electron chi connectivity index (χ3n) is 3.57. The van der Waals surface area contributed by atoms with Gasteiger partial charge in [-0.25, -0.2) is 4.39 Å². The lowest BCUT2D eigenvalue weighted by molar-refractivity contribution is -0.113. The van der Waals surface area contributed by atoms with Crippen LogP contribution in [0.25, 0.3) is 6.08 Å². The van der Waals surface area contributed by atoms with Crippen LogP contribution in [0.15, 0.2) is 28.1 Å². The number of likely N-dealkylation sites (tertiary alicyclic amines) is 1. The highest BCUT2D eigenvalue weighted by Gasteiger charge is 2.28. The topological polar surface area (TPSA) is 59.0 Å². The third-order valence-corrected chi connectivity index (χ3v) is 5.25. The molecule has 24 heavy (non-hydrogen) atoms. The number of nitrogens with zero attached hydrogens (tertiary/aromatic N) is 2.